The van der Waals surface area contributed by atoms with Gasteiger partial charge < -0.3 is 5.32 Å². The highest BCUT2D eigenvalue weighted by Crippen LogP contribution is 2.39. The fourth-order valence-electron chi connectivity index (χ4n) is 3.66. The molecule has 3 heteroatoms. The summed E-state index contributed by atoms with van der Waals surface area (Å²) in [5.74, 6) is 0. The van der Waals surface area contributed by atoms with Crippen molar-refractivity contribution in [2.45, 2.75) is 70.8 Å². The van der Waals surface area contributed by atoms with Gasteiger partial charge in [0.1, 0.15) is 0 Å². The minimum atomic E-state index is 0.486. The smallest absolute Gasteiger partial charge is 0.0624 e. The van der Waals surface area contributed by atoms with Gasteiger partial charge in [0.25, 0.3) is 0 Å². The molecule has 2 aliphatic carbocycles. The molecule has 0 unspecified atom stereocenters. The van der Waals surface area contributed by atoms with Gasteiger partial charge in [-0.3, -0.25) is 4.68 Å². The summed E-state index contributed by atoms with van der Waals surface area (Å²) >= 11 is 0. The summed E-state index contributed by atoms with van der Waals surface area (Å²) in [6, 6.07) is 3.15. The normalized spacial score (nSPS) is 22.1. The van der Waals surface area contributed by atoms with E-state index in [0.717, 1.165) is 12.5 Å². The minimum Gasteiger partial charge on any atom is -0.313 e. The topological polar surface area (TPSA) is 29.9 Å². The van der Waals surface area contributed by atoms with Crippen LogP contribution in [-0.4, -0.2) is 22.4 Å². The molecule has 1 aromatic rings. The fourth-order valence-corrected chi connectivity index (χ4v) is 3.66. The summed E-state index contributed by atoms with van der Waals surface area (Å²) in [5.41, 5.74) is 3.16. The van der Waals surface area contributed by atoms with Crippen LogP contribution >= 0.6 is 0 Å². The Morgan fingerprint density at radius 2 is 2.05 bits per heavy atom. The third-order valence-electron chi connectivity index (χ3n) is 5.20. The second-order valence-corrected chi connectivity index (χ2v) is 7.00. The lowest BCUT2D eigenvalue weighted by atomic mass is 9.71. The number of aryl methyl sites for hydroxylation is 2. The maximum absolute atomic E-state index is 4.63. The van der Waals surface area contributed by atoms with Crippen molar-refractivity contribution in [3.8, 4) is 0 Å². The molecule has 20 heavy (non-hydrogen) atoms. The Hall–Kier alpha value is -0.830. The van der Waals surface area contributed by atoms with Crippen molar-refractivity contribution < 1.29 is 0 Å². The van der Waals surface area contributed by atoms with Crippen LogP contribution < -0.4 is 5.32 Å². The second kappa shape index (κ2) is 5.88. The molecule has 0 amide bonds. The Kier molecular flexibility index (Phi) is 4.16. The molecule has 0 bridgehead atoms. The molecule has 2 aliphatic rings. The van der Waals surface area contributed by atoms with Crippen molar-refractivity contribution in [1.82, 2.24) is 15.1 Å². The van der Waals surface area contributed by atoms with Crippen molar-refractivity contribution >= 4 is 0 Å². The van der Waals surface area contributed by atoms with Crippen LogP contribution in [0.5, 0.6) is 0 Å². The Morgan fingerprint density at radius 1 is 1.30 bits per heavy atom. The summed E-state index contributed by atoms with van der Waals surface area (Å²) in [6.45, 7) is 3.40. The van der Waals surface area contributed by atoms with Gasteiger partial charge in [-0.25, -0.2) is 0 Å². The maximum Gasteiger partial charge on any atom is 0.0624 e. The molecule has 0 radical (unpaired) electrons. The van der Waals surface area contributed by atoms with Crippen LogP contribution in [0.25, 0.3) is 0 Å². The SMILES string of the molecule is CCc1cc(CC2(CNC3CC3)CCCCC2)n(C)n1. The molecule has 1 aromatic heterocycles. The molecule has 0 aliphatic heterocycles. The summed E-state index contributed by atoms with van der Waals surface area (Å²) in [7, 11) is 2.11. The number of hydrogen-bond acceptors (Lipinski definition) is 2. The zero-order valence-electron chi connectivity index (χ0n) is 13.1. The summed E-state index contributed by atoms with van der Waals surface area (Å²) in [6.07, 6.45) is 12.0. The lowest BCUT2D eigenvalue weighted by molar-refractivity contribution is 0.176. The van der Waals surface area contributed by atoms with Crippen LogP contribution in [0, 0.1) is 5.41 Å². The zero-order valence-corrected chi connectivity index (χ0v) is 13.1. The molecule has 2 saturated carbocycles. The van der Waals surface area contributed by atoms with Crippen molar-refractivity contribution in [3.63, 3.8) is 0 Å². The fraction of sp³-hybridized carbons (Fsp3) is 0.824. The number of rotatable bonds is 6. The van der Waals surface area contributed by atoms with Gasteiger partial charge >= 0.3 is 0 Å². The molecule has 0 atom stereocenters. The van der Waals surface area contributed by atoms with E-state index in [0.29, 0.717) is 5.41 Å². The van der Waals surface area contributed by atoms with Crippen LogP contribution in [0.15, 0.2) is 6.07 Å². The molecule has 0 aromatic carbocycles. The first kappa shape index (κ1) is 14.1. The molecule has 112 valence electrons. The number of hydrogen-bond donors (Lipinski definition) is 1. The minimum absolute atomic E-state index is 0.486. The summed E-state index contributed by atoms with van der Waals surface area (Å²) in [5, 5.41) is 8.43. The average molecular weight is 275 g/mol. The number of nitrogens with one attached hydrogen (secondary N) is 1. The maximum atomic E-state index is 4.63. The monoisotopic (exact) mass is 275 g/mol. The van der Waals surface area contributed by atoms with Gasteiger partial charge in [0.2, 0.25) is 0 Å². The number of nitrogens with zero attached hydrogens (tertiary/aromatic N) is 2. The highest BCUT2D eigenvalue weighted by molar-refractivity contribution is 5.13. The first-order valence-electron chi connectivity index (χ1n) is 8.46. The van der Waals surface area contributed by atoms with Gasteiger partial charge in [0, 0.05) is 25.3 Å². The predicted octanol–water partition coefficient (Wildman–Crippen LogP) is 3.23. The Morgan fingerprint density at radius 3 is 2.65 bits per heavy atom. The van der Waals surface area contributed by atoms with Crippen LogP contribution in [-0.2, 0) is 19.9 Å². The quantitative estimate of drug-likeness (QED) is 0.864. The van der Waals surface area contributed by atoms with Crippen LogP contribution in [0.4, 0.5) is 0 Å². The molecular formula is C17H29N3. The van der Waals surface area contributed by atoms with Crippen molar-refractivity contribution in [3.05, 3.63) is 17.5 Å². The van der Waals surface area contributed by atoms with Gasteiger partial charge in [0.15, 0.2) is 0 Å². The molecule has 3 nitrogen and oxygen atoms in total. The third-order valence-corrected chi connectivity index (χ3v) is 5.20. The van der Waals surface area contributed by atoms with Crippen molar-refractivity contribution in [2.75, 3.05) is 6.54 Å². The molecule has 0 saturated heterocycles. The van der Waals surface area contributed by atoms with Gasteiger partial charge in [-0.1, -0.05) is 26.2 Å². The van der Waals surface area contributed by atoms with E-state index >= 15 is 0 Å². The molecular weight excluding hydrogens is 246 g/mol. The van der Waals surface area contributed by atoms with Crippen LogP contribution in [0.1, 0.15) is 63.3 Å². The van der Waals surface area contributed by atoms with E-state index in [1.165, 1.54) is 69.3 Å². The van der Waals surface area contributed by atoms with Gasteiger partial charge in [-0.15, -0.1) is 0 Å². The Bertz CT molecular complexity index is 439. The van der Waals surface area contributed by atoms with Crippen molar-refractivity contribution in [2.24, 2.45) is 12.5 Å². The molecule has 1 heterocycles. The average Bonchev–Trinajstić information content (AvgIpc) is 3.23. The van der Waals surface area contributed by atoms with E-state index in [1.54, 1.807) is 0 Å². The Balaban J connectivity index is 1.71. The lowest BCUT2D eigenvalue weighted by Gasteiger charge is -2.38. The standard InChI is InChI=1S/C17H29N3/c1-3-14-11-16(20(2)19-14)12-17(9-5-4-6-10-17)13-18-15-7-8-15/h11,15,18H,3-10,12-13H2,1-2H3. The lowest BCUT2D eigenvalue weighted by Crippen LogP contribution is -2.39. The molecule has 3 rings (SSSR count). The highest BCUT2D eigenvalue weighted by Gasteiger charge is 2.35. The summed E-state index contributed by atoms with van der Waals surface area (Å²) in [4.78, 5) is 0. The van der Waals surface area contributed by atoms with E-state index in [2.05, 4.69) is 35.1 Å². The van der Waals surface area contributed by atoms with E-state index in [4.69, 9.17) is 0 Å². The largest absolute Gasteiger partial charge is 0.313 e. The second-order valence-electron chi connectivity index (χ2n) is 7.00. The van der Waals surface area contributed by atoms with Crippen LogP contribution in [0.3, 0.4) is 0 Å². The Labute approximate surface area is 123 Å². The third kappa shape index (κ3) is 3.25. The van der Waals surface area contributed by atoms with Crippen LogP contribution in [0.2, 0.25) is 0 Å². The first-order valence-corrected chi connectivity index (χ1v) is 8.46. The first-order chi connectivity index (χ1) is 9.71. The molecule has 1 N–H and O–H groups in total. The molecule has 2 fully saturated rings. The van der Waals surface area contributed by atoms with E-state index in [9.17, 15) is 0 Å². The predicted molar refractivity (Wildman–Crippen MR) is 82.8 cm³/mol. The van der Waals surface area contributed by atoms with Gasteiger partial charge in [0.05, 0.1) is 5.69 Å². The van der Waals surface area contributed by atoms with E-state index in [1.807, 2.05) is 0 Å². The van der Waals surface area contributed by atoms with E-state index < -0.39 is 0 Å². The number of aromatic nitrogens is 2. The zero-order chi connectivity index (χ0) is 14.0. The highest BCUT2D eigenvalue weighted by atomic mass is 15.3. The summed E-state index contributed by atoms with van der Waals surface area (Å²) < 4.78 is 2.12. The van der Waals surface area contributed by atoms with Gasteiger partial charge in [-0.2, -0.15) is 5.10 Å². The van der Waals surface area contributed by atoms with Crippen molar-refractivity contribution in [1.29, 1.82) is 0 Å². The van der Waals surface area contributed by atoms with Gasteiger partial charge in [-0.05, 0) is 50.0 Å². The van der Waals surface area contributed by atoms with E-state index in [-0.39, 0.29) is 0 Å². The molecule has 0 spiro atoms.